The van der Waals surface area contributed by atoms with Crippen LogP contribution >= 0.6 is 11.8 Å². The monoisotopic (exact) mass is 465 g/mol. The van der Waals surface area contributed by atoms with Gasteiger partial charge in [0.2, 0.25) is 11.8 Å². The molecule has 7 nitrogen and oxygen atoms in total. The summed E-state index contributed by atoms with van der Waals surface area (Å²) in [6.07, 6.45) is 0. The fourth-order valence-electron chi connectivity index (χ4n) is 3.77. The van der Waals surface area contributed by atoms with Crippen LogP contribution in [0.25, 0.3) is 11.4 Å². The van der Waals surface area contributed by atoms with Crippen molar-refractivity contribution in [3.8, 4) is 11.4 Å². The minimum Gasteiger partial charge on any atom is -0.336 e. The summed E-state index contributed by atoms with van der Waals surface area (Å²) in [5.74, 6) is 0.602. The number of aryl methyl sites for hydroxylation is 4. The topological polar surface area (TPSA) is 80.1 Å². The molecule has 3 rings (SSSR count). The van der Waals surface area contributed by atoms with Crippen LogP contribution in [0.15, 0.2) is 41.6 Å². The van der Waals surface area contributed by atoms with E-state index in [2.05, 4.69) is 21.6 Å². The molecule has 0 saturated heterocycles. The van der Waals surface area contributed by atoms with Gasteiger partial charge in [-0.05, 0) is 51.8 Å². The zero-order valence-electron chi connectivity index (χ0n) is 20.1. The molecular formula is C25H31N5O2S. The highest BCUT2D eigenvalue weighted by Crippen LogP contribution is 2.25. The maximum absolute atomic E-state index is 12.7. The molecule has 0 bridgehead atoms. The molecule has 0 aliphatic heterocycles. The number of amides is 2. The van der Waals surface area contributed by atoms with Gasteiger partial charge in [0, 0.05) is 24.8 Å². The average Bonchev–Trinajstić information content (AvgIpc) is 3.17. The van der Waals surface area contributed by atoms with E-state index in [-0.39, 0.29) is 24.1 Å². The van der Waals surface area contributed by atoms with E-state index in [0.717, 1.165) is 39.3 Å². The predicted octanol–water partition coefficient (Wildman–Crippen LogP) is 4.39. The van der Waals surface area contributed by atoms with Gasteiger partial charge in [0.1, 0.15) is 0 Å². The number of nitrogens with zero attached hydrogens (tertiary/aromatic N) is 4. The summed E-state index contributed by atoms with van der Waals surface area (Å²) in [5.41, 5.74) is 6.12. The van der Waals surface area contributed by atoms with Crippen LogP contribution in [0.1, 0.15) is 29.2 Å². The second-order valence-corrected chi connectivity index (χ2v) is 9.22. The standard InChI is InChI=1S/C25H31N5O2S/c1-7-30-24(20-10-8-9-16(2)13-20)27-28-25(30)33-15-22(32)29(6)14-21(31)26-23-18(4)11-17(3)12-19(23)5/h8-13H,7,14-15H2,1-6H3,(H,26,31). The molecule has 2 aromatic carbocycles. The fourth-order valence-corrected chi connectivity index (χ4v) is 4.72. The molecule has 1 heterocycles. The number of likely N-dealkylation sites (N-methyl/N-ethyl adjacent to an activating group) is 1. The van der Waals surface area contributed by atoms with Crippen LogP contribution in [0.5, 0.6) is 0 Å². The number of carbonyl (C=O) groups excluding carboxylic acids is 2. The second kappa shape index (κ2) is 10.7. The summed E-state index contributed by atoms with van der Waals surface area (Å²) < 4.78 is 2.00. The van der Waals surface area contributed by atoms with E-state index in [0.29, 0.717) is 11.7 Å². The van der Waals surface area contributed by atoms with E-state index in [9.17, 15) is 9.59 Å². The normalized spacial score (nSPS) is 10.8. The van der Waals surface area contributed by atoms with Crippen LogP contribution in [-0.2, 0) is 16.1 Å². The van der Waals surface area contributed by atoms with Gasteiger partial charge in [0.15, 0.2) is 11.0 Å². The van der Waals surface area contributed by atoms with Gasteiger partial charge in [0.25, 0.3) is 0 Å². The van der Waals surface area contributed by atoms with Gasteiger partial charge in [-0.25, -0.2) is 0 Å². The molecule has 0 aliphatic carbocycles. The van der Waals surface area contributed by atoms with Crippen LogP contribution < -0.4 is 5.32 Å². The Morgan fingerprint density at radius 1 is 1.03 bits per heavy atom. The summed E-state index contributed by atoms with van der Waals surface area (Å²) in [6, 6.07) is 12.2. The average molecular weight is 466 g/mol. The van der Waals surface area contributed by atoms with Gasteiger partial charge < -0.3 is 14.8 Å². The Hall–Kier alpha value is -3.13. The number of rotatable bonds is 8. The Bertz CT molecular complexity index is 1150. The quantitative estimate of drug-likeness (QED) is 0.499. The summed E-state index contributed by atoms with van der Waals surface area (Å²) in [6.45, 7) is 10.7. The Kier molecular flexibility index (Phi) is 7.92. The molecule has 0 unspecified atom stereocenters. The number of hydrogen-bond donors (Lipinski definition) is 1. The van der Waals surface area contributed by atoms with Crippen LogP contribution in [-0.4, -0.2) is 50.8 Å². The van der Waals surface area contributed by atoms with Crippen molar-refractivity contribution in [3.05, 3.63) is 58.7 Å². The number of carbonyl (C=O) groups is 2. The van der Waals surface area contributed by atoms with Crippen LogP contribution in [0.2, 0.25) is 0 Å². The van der Waals surface area contributed by atoms with Gasteiger partial charge in [-0.2, -0.15) is 0 Å². The highest BCUT2D eigenvalue weighted by molar-refractivity contribution is 7.99. The summed E-state index contributed by atoms with van der Waals surface area (Å²) in [7, 11) is 1.64. The molecule has 0 saturated carbocycles. The predicted molar refractivity (Wildman–Crippen MR) is 134 cm³/mol. The lowest BCUT2D eigenvalue weighted by molar-refractivity contribution is -0.131. The molecule has 174 valence electrons. The van der Waals surface area contributed by atoms with Crippen molar-refractivity contribution < 1.29 is 9.59 Å². The molecule has 0 atom stereocenters. The van der Waals surface area contributed by atoms with Gasteiger partial charge >= 0.3 is 0 Å². The van der Waals surface area contributed by atoms with Crippen molar-refractivity contribution in [2.24, 2.45) is 0 Å². The lowest BCUT2D eigenvalue weighted by Crippen LogP contribution is -2.36. The first kappa shape index (κ1) is 24.5. The lowest BCUT2D eigenvalue weighted by atomic mass is 10.1. The SMILES string of the molecule is CCn1c(SCC(=O)N(C)CC(=O)Nc2c(C)cc(C)cc2C)nnc1-c1cccc(C)c1. The van der Waals surface area contributed by atoms with Crippen molar-refractivity contribution >= 4 is 29.3 Å². The summed E-state index contributed by atoms with van der Waals surface area (Å²) >= 11 is 1.33. The number of nitrogens with one attached hydrogen (secondary N) is 1. The van der Waals surface area contributed by atoms with E-state index in [1.54, 1.807) is 7.05 Å². The highest BCUT2D eigenvalue weighted by Gasteiger charge is 2.18. The summed E-state index contributed by atoms with van der Waals surface area (Å²) in [5, 5.41) is 12.3. The van der Waals surface area contributed by atoms with Crippen molar-refractivity contribution in [2.45, 2.75) is 46.3 Å². The Labute approximate surface area is 199 Å². The lowest BCUT2D eigenvalue weighted by Gasteiger charge is -2.18. The molecule has 0 aliphatic rings. The molecular weight excluding hydrogens is 434 g/mol. The zero-order valence-corrected chi connectivity index (χ0v) is 20.9. The van der Waals surface area contributed by atoms with E-state index in [1.807, 2.05) is 69.5 Å². The van der Waals surface area contributed by atoms with Crippen LogP contribution in [0.3, 0.4) is 0 Å². The summed E-state index contributed by atoms with van der Waals surface area (Å²) in [4.78, 5) is 26.7. The van der Waals surface area contributed by atoms with Gasteiger partial charge in [-0.15, -0.1) is 10.2 Å². The minimum absolute atomic E-state index is 0.0127. The van der Waals surface area contributed by atoms with Crippen LogP contribution in [0.4, 0.5) is 5.69 Å². The Morgan fingerprint density at radius 2 is 1.73 bits per heavy atom. The first-order valence-electron chi connectivity index (χ1n) is 10.9. The Morgan fingerprint density at radius 3 is 2.36 bits per heavy atom. The Balaban J connectivity index is 1.60. The number of anilines is 1. The second-order valence-electron chi connectivity index (χ2n) is 8.28. The van der Waals surface area contributed by atoms with E-state index < -0.39 is 0 Å². The third-order valence-corrected chi connectivity index (χ3v) is 6.33. The van der Waals surface area contributed by atoms with Crippen molar-refractivity contribution in [1.82, 2.24) is 19.7 Å². The number of thioether (sulfide) groups is 1. The number of aromatic nitrogens is 3. The maximum Gasteiger partial charge on any atom is 0.243 e. The van der Waals surface area contributed by atoms with Crippen molar-refractivity contribution in [3.63, 3.8) is 0 Å². The van der Waals surface area contributed by atoms with Gasteiger partial charge in [0.05, 0.1) is 12.3 Å². The van der Waals surface area contributed by atoms with E-state index in [1.165, 1.54) is 16.7 Å². The molecule has 0 spiro atoms. The van der Waals surface area contributed by atoms with Crippen molar-refractivity contribution in [1.29, 1.82) is 0 Å². The van der Waals surface area contributed by atoms with Gasteiger partial charge in [-0.3, -0.25) is 9.59 Å². The maximum atomic E-state index is 12.7. The zero-order chi connectivity index (χ0) is 24.1. The largest absolute Gasteiger partial charge is 0.336 e. The van der Waals surface area contributed by atoms with Crippen LogP contribution in [0, 0.1) is 27.7 Å². The third-order valence-electron chi connectivity index (χ3n) is 5.38. The van der Waals surface area contributed by atoms with Crippen molar-refractivity contribution in [2.75, 3.05) is 24.7 Å². The molecule has 3 aromatic rings. The van der Waals surface area contributed by atoms with E-state index in [4.69, 9.17) is 0 Å². The molecule has 1 N–H and O–H groups in total. The molecule has 33 heavy (non-hydrogen) atoms. The highest BCUT2D eigenvalue weighted by atomic mass is 32.2. The van der Waals surface area contributed by atoms with E-state index >= 15 is 0 Å². The molecule has 8 heteroatoms. The number of benzene rings is 2. The first-order valence-corrected chi connectivity index (χ1v) is 11.9. The molecule has 2 amide bonds. The third kappa shape index (κ3) is 6.01. The number of hydrogen-bond acceptors (Lipinski definition) is 5. The molecule has 0 fully saturated rings. The first-order chi connectivity index (χ1) is 15.7. The van der Waals surface area contributed by atoms with Gasteiger partial charge in [-0.1, -0.05) is 53.2 Å². The fraction of sp³-hybridized carbons (Fsp3) is 0.360. The molecule has 0 radical (unpaired) electrons. The minimum atomic E-state index is -0.218. The molecule has 1 aromatic heterocycles. The smallest absolute Gasteiger partial charge is 0.243 e.